The number of allylic oxidation sites excluding steroid dienone is 1. The van der Waals surface area contributed by atoms with Crippen LogP contribution in [0.1, 0.15) is 30.4 Å². The highest BCUT2D eigenvalue weighted by molar-refractivity contribution is 9.09. The number of ether oxygens (including phenoxy) is 2. The Labute approximate surface area is 271 Å². The minimum absolute atomic E-state index is 0.126. The summed E-state index contributed by atoms with van der Waals surface area (Å²) in [4.78, 5) is 45.9. The minimum Gasteiger partial charge on any atom is -0.465 e. The molecule has 1 N–H and O–H groups in total. The molecule has 234 valence electrons. The normalized spacial score (nSPS) is 27.6. The van der Waals surface area contributed by atoms with Gasteiger partial charge in [0.05, 0.1) is 47.9 Å². The lowest BCUT2D eigenvalue weighted by molar-refractivity contribution is -0.155. The van der Waals surface area contributed by atoms with Gasteiger partial charge in [-0.1, -0.05) is 82.1 Å². The number of hydrogen-bond acceptors (Lipinski definition) is 6. The Bertz CT molecular complexity index is 1400. The van der Waals surface area contributed by atoms with Crippen LogP contribution in [0.5, 0.6) is 0 Å². The number of fused-ring (bicyclic) bond motifs is 1. The Morgan fingerprint density at radius 2 is 1.98 bits per heavy atom. The van der Waals surface area contributed by atoms with E-state index in [9.17, 15) is 19.5 Å². The molecular formula is C34H38BrClN2O6. The lowest BCUT2D eigenvalue weighted by Gasteiger charge is -2.40. The van der Waals surface area contributed by atoms with Gasteiger partial charge in [0.2, 0.25) is 5.91 Å². The second-order valence-corrected chi connectivity index (χ2v) is 13.3. The van der Waals surface area contributed by atoms with E-state index in [1.807, 2.05) is 49.4 Å². The van der Waals surface area contributed by atoms with Crippen LogP contribution in [0.25, 0.3) is 0 Å². The average Bonchev–Trinajstić information content (AvgIpc) is 3.61. The van der Waals surface area contributed by atoms with Crippen molar-refractivity contribution < 1.29 is 29.0 Å². The first kappa shape index (κ1) is 32.4. The number of benzene rings is 2. The highest BCUT2D eigenvalue weighted by Crippen LogP contribution is 2.61. The maximum Gasteiger partial charge on any atom is 0.312 e. The number of esters is 1. The molecule has 3 heterocycles. The number of amides is 2. The van der Waals surface area contributed by atoms with E-state index in [4.69, 9.17) is 21.1 Å². The number of aliphatic hydroxyl groups is 1. The molecule has 44 heavy (non-hydrogen) atoms. The van der Waals surface area contributed by atoms with Crippen LogP contribution >= 0.6 is 27.5 Å². The van der Waals surface area contributed by atoms with E-state index in [1.54, 1.807) is 18.2 Å². The van der Waals surface area contributed by atoms with Crippen LogP contribution in [0.15, 0.2) is 73.8 Å². The van der Waals surface area contributed by atoms with Crippen LogP contribution in [0.3, 0.4) is 0 Å². The van der Waals surface area contributed by atoms with Gasteiger partial charge in [0.1, 0.15) is 11.6 Å². The van der Waals surface area contributed by atoms with Gasteiger partial charge >= 0.3 is 5.97 Å². The number of unbranched alkanes of at least 4 members (excludes halogenated alkanes) is 1. The largest absolute Gasteiger partial charge is 0.465 e. The third-order valence-electron chi connectivity index (χ3n) is 8.98. The zero-order valence-electron chi connectivity index (χ0n) is 24.7. The number of rotatable bonds is 13. The van der Waals surface area contributed by atoms with E-state index in [2.05, 4.69) is 29.1 Å². The zero-order valence-corrected chi connectivity index (χ0v) is 27.1. The van der Waals surface area contributed by atoms with Crippen molar-refractivity contribution in [2.45, 2.75) is 61.2 Å². The fourth-order valence-corrected chi connectivity index (χ4v) is 8.44. The van der Waals surface area contributed by atoms with Crippen LogP contribution in [0.4, 0.5) is 5.69 Å². The first-order valence-electron chi connectivity index (χ1n) is 14.9. The molecule has 3 aliphatic rings. The molecule has 0 radical (unpaired) electrons. The van der Waals surface area contributed by atoms with Crippen molar-refractivity contribution in [1.29, 1.82) is 0 Å². The molecule has 0 aliphatic carbocycles. The fraction of sp³-hybridized carbons (Fsp3) is 0.441. The summed E-state index contributed by atoms with van der Waals surface area (Å²) in [7, 11) is 0. The third kappa shape index (κ3) is 5.64. The number of hydrogen-bond donors (Lipinski definition) is 1. The van der Waals surface area contributed by atoms with Crippen LogP contribution in [0.2, 0.25) is 5.02 Å². The first-order valence-corrected chi connectivity index (χ1v) is 16.2. The monoisotopic (exact) mass is 684 g/mol. The third-order valence-corrected chi connectivity index (χ3v) is 10.1. The smallest absolute Gasteiger partial charge is 0.312 e. The standard InChI is InChI=1S/C34H38BrClN2O6/c1-4-6-10-17-43-33(42)26-27-31(40)38(23(20-39)18-22-13-8-7-9-14-22)30(34(27)19-24(35)29(26)44-34)32(41)37(16-5-2)28-21(3)12-11-15-25(28)36/h4-5,7-9,11-15,23-24,26-27,29-30,39H,1-2,6,10,16-20H2,3H3/t23-,24?,26+,27+,29+,30?,34?/m1/s1. The van der Waals surface area contributed by atoms with Crippen LogP contribution in [-0.4, -0.2) is 76.2 Å². The van der Waals surface area contributed by atoms with Crippen LogP contribution in [-0.2, 0) is 30.3 Å². The van der Waals surface area contributed by atoms with Gasteiger partial charge in [0, 0.05) is 11.4 Å². The number of alkyl halides is 1. The number of aryl methyl sites for hydroxylation is 1. The summed E-state index contributed by atoms with van der Waals surface area (Å²) in [5, 5.41) is 11.1. The summed E-state index contributed by atoms with van der Waals surface area (Å²) in [6.45, 7) is 9.36. The molecule has 3 unspecified atom stereocenters. The summed E-state index contributed by atoms with van der Waals surface area (Å²) in [5.41, 5.74) is 0.857. The Morgan fingerprint density at radius 1 is 1.23 bits per heavy atom. The highest BCUT2D eigenvalue weighted by atomic mass is 79.9. The molecule has 1 spiro atoms. The van der Waals surface area contributed by atoms with Crippen molar-refractivity contribution >= 4 is 51.0 Å². The van der Waals surface area contributed by atoms with E-state index in [0.717, 1.165) is 11.1 Å². The fourth-order valence-electron chi connectivity index (χ4n) is 7.18. The molecule has 2 aromatic rings. The van der Waals surface area contributed by atoms with Crippen molar-refractivity contribution in [2.24, 2.45) is 11.8 Å². The van der Waals surface area contributed by atoms with E-state index < -0.39 is 60.0 Å². The number of carbonyl (C=O) groups is 3. The molecule has 3 aliphatic heterocycles. The SMILES string of the molecule is C=CCCCOC(=O)[C@H]1[C@H]2C(=O)N([C@@H](CO)Cc3ccccc3)C(C(=O)N(CC=C)c3c(C)cccc3Cl)C23CC(Br)[C@@H]1O3. The Morgan fingerprint density at radius 3 is 2.64 bits per heavy atom. The summed E-state index contributed by atoms with van der Waals surface area (Å²) in [6, 6.07) is 13.0. The molecule has 7 atom stereocenters. The Balaban J connectivity index is 1.61. The van der Waals surface area contributed by atoms with Crippen molar-refractivity contribution in [3.8, 4) is 0 Å². The molecule has 2 amide bonds. The number of anilines is 1. The van der Waals surface area contributed by atoms with Gasteiger partial charge in [-0.25, -0.2) is 0 Å². The van der Waals surface area contributed by atoms with Gasteiger partial charge in [0.15, 0.2) is 0 Å². The molecule has 2 bridgehead atoms. The molecule has 2 aromatic carbocycles. The topological polar surface area (TPSA) is 96.4 Å². The molecule has 3 fully saturated rings. The van der Waals surface area contributed by atoms with Crippen molar-refractivity contribution in [1.82, 2.24) is 4.90 Å². The van der Waals surface area contributed by atoms with Crippen LogP contribution in [0, 0.1) is 18.8 Å². The number of para-hydroxylation sites is 1. The van der Waals surface area contributed by atoms with Crippen LogP contribution < -0.4 is 4.90 Å². The predicted octanol–water partition coefficient (Wildman–Crippen LogP) is 5.03. The lowest BCUT2D eigenvalue weighted by atomic mass is 9.70. The van der Waals surface area contributed by atoms with E-state index >= 15 is 0 Å². The maximum absolute atomic E-state index is 14.9. The molecule has 8 nitrogen and oxygen atoms in total. The summed E-state index contributed by atoms with van der Waals surface area (Å²) < 4.78 is 12.3. The number of carbonyl (C=O) groups excluding carboxylic acids is 3. The van der Waals surface area contributed by atoms with E-state index in [1.165, 1.54) is 9.80 Å². The van der Waals surface area contributed by atoms with E-state index in [-0.39, 0.29) is 18.0 Å². The number of nitrogens with zero attached hydrogens (tertiary/aromatic N) is 2. The van der Waals surface area contributed by atoms with Crippen molar-refractivity contribution in [3.05, 3.63) is 90.0 Å². The molecule has 0 saturated carbocycles. The maximum atomic E-state index is 14.9. The summed E-state index contributed by atoms with van der Waals surface area (Å²) in [6.07, 6.45) is 4.64. The number of aliphatic hydroxyl groups excluding tert-OH is 1. The Hall–Kier alpha value is -2.98. The lowest BCUT2D eigenvalue weighted by Crippen LogP contribution is -2.59. The van der Waals surface area contributed by atoms with Gasteiger partial charge in [-0.3, -0.25) is 14.4 Å². The molecule has 10 heteroatoms. The summed E-state index contributed by atoms with van der Waals surface area (Å²) in [5.74, 6) is -3.20. The summed E-state index contributed by atoms with van der Waals surface area (Å²) >= 11 is 10.4. The quantitative estimate of drug-likeness (QED) is 0.138. The predicted molar refractivity (Wildman–Crippen MR) is 173 cm³/mol. The van der Waals surface area contributed by atoms with Gasteiger partial charge in [-0.2, -0.15) is 0 Å². The second-order valence-electron chi connectivity index (χ2n) is 11.7. The molecule has 3 saturated heterocycles. The number of likely N-dealkylation sites (tertiary alicyclic amines) is 1. The molecule has 5 rings (SSSR count). The first-order chi connectivity index (χ1) is 21.2. The van der Waals surface area contributed by atoms with E-state index in [0.29, 0.717) is 36.4 Å². The zero-order chi connectivity index (χ0) is 31.6. The Kier molecular flexibility index (Phi) is 9.99. The van der Waals surface area contributed by atoms with Gasteiger partial charge in [0.25, 0.3) is 5.91 Å². The number of halogens is 2. The van der Waals surface area contributed by atoms with Crippen molar-refractivity contribution in [2.75, 3.05) is 24.7 Å². The molecule has 0 aromatic heterocycles. The highest BCUT2D eigenvalue weighted by Gasteiger charge is 2.77. The molecular weight excluding hydrogens is 648 g/mol. The van der Waals surface area contributed by atoms with Gasteiger partial charge in [-0.05, 0) is 49.8 Å². The van der Waals surface area contributed by atoms with Gasteiger partial charge in [-0.15, -0.1) is 13.2 Å². The second kappa shape index (κ2) is 13.6. The average molecular weight is 686 g/mol. The van der Waals surface area contributed by atoms with Gasteiger partial charge < -0.3 is 24.4 Å². The minimum atomic E-state index is -1.32. The van der Waals surface area contributed by atoms with Crippen molar-refractivity contribution in [3.63, 3.8) is 0 Å².